The molecule has 0 aromatic heterocycles. The topological polar surface area (TPSA) is 101 Å². The van der Waals surface area contributed by atoms with Crippen molar-refractivity contribution < 1.29 is 18.1 Å². The molecule has 2 aromatic rings. The maximum atomic E-state index is 11.0. The number of hydrogen-bond donors (Lipinski definition) is 3. The molecule has 0 aliphatic heterocycles. The Bertz CT molecular complexity index is 664. The largest absolute Gasteiger partial charge is 0.507 e. The lowest BCUT2D eigenvalue weighted by Gasteiger charge is -2.06. The fraction of sp³-hybridized carbons (Fsp3) is 0. The minimum absolute atomic E-state index is 0.00564. The van der Waals surface area contributed by atoms with Crippen molar-refractivity contribution in [3.63, 3.8) is 0 Å². The van der Waals surface area contributed by atoms with Gasteiger partial charge in [-0.15, -0.1) is 0 Å². The van der Waals surface area contributed by atoms with Gasteiger partial charge in [0.2, 0.25) is 0 Å². The van der Waals surface area contributed by atoms with Crippen LogP contribution in [0.5, 0.6) is 5.75 Å². The number of fused-ring (bicyclic) bond motifs is 1. The molecule has 0 heterocycles. The van der Waals surface area contributed by atoms with Crippen molar-refractivity contribution in [2.45, 2.75) is 4.90 Å². The molecule has 2 rings (SSSR count). The van der Waals surface area contributed by atoms with Crippen molar-refractivity contribution in [3.05, 3.63) is 30.3 Å². The average Bonchev–Trinajstić information content (AvgIpc) is 2.17. The molecule has 16 heavy (non-hydrogen) atoms. The third-order valence-electron chi connectivity index (χ3n) is 2.27. The molecule has 4 N–H and O–H groups in total. The van der Waals surface area contributed by atoms with Crippen molar-refractivity contribution in [3.8, 4) is 5.75 Å². The van der Waals surface area contributed by atoms with E-state index in [1.54, 1.807) is 12.1 Å². The Hall–Kier alpha value is -1.79. The van der Waals surface area contributed by atoms with Crippen LogP contribution in [0.3, 0.4) is 0 Å². The zero-order chi connectivity index (χ0) is 11.9. The molecule has 0 saturated carbocycles. The Labute approximate surface area is 91.9 Å². The quantitative estimate of drug-likeness (QED) is 0.515. The second-order valence-corrected chi connectivity index (χ2v) is 4.75. The van der Waals surface area contributed by atoms with Crippen LogP contribution in [-0.4, -0.2) is 18.1 Å². The van der Waals surface area contributed by atoms with E-state index < -0.39 is 10.1 Å². The molecule has 0 radical (unpaired) electrons. The number of phenols is 1. The molecule has 0 spiro atoms. The molecular formula is C10H9NO4S. The fourth-order valence-corrected chi connectivity index (χ4v) is 2.16. The van der Waals surface area contributed by atoms with E-state index in [2.05, 4.69) is 0 Å². The van der Waals surface area contributed by atoms with Crippen LogP contribution in [-0.2, 0) is 10.1 Å². The Balaban J connectivity index is 2.88. The molecule has 5 nitrogen and oxygen atoms in total. The number of phenolic OH excluding ortho intramolecular Hbond substituents is 1. The van der Waals surface area contributed by atoms with Crippen LogP contribution >= 0.6 is 0 Å². The van der Waals surface area contributed by atoms with Crippen molar-refractivity contribution in [2.24, 2.45) is 0 Å². The third kappa shape index (κ3) is 1.68. The molecule has 0 bridgehead atoms. The van der Waals surface area contributed by atoms with Crippen molar-refractivity contribution >= 4 is 26.6 Å². The van der Waals surface area contributed by atoms with Gasteiger partial charge in [-0.25, -0.2) is 0 Å². The summed E-state index contributed by atoms with van der Waals surface area (Å²) < 4.78 is 30.9. The summed E-state index contributed by atoms with van der Waals surface area (Å²) in [5.74, 6) is 0.00564. The van der Waals surface area contributed by atoms with Gasteiger partial charge in [0.15, 0.2) is 0 Å². The summed E-state index contributed by atoms with van der Waals surface area (Å²) in [5, 5.41) is 10.4. The molecule has 0 unspecified atom stereocenters. The van der Waals surface area contributed by atoms with E-state index in [-0.39, 0.29) is 16.3 Å². The van der Waals surface area contributed by atoms with Gasteiger partial charge in [0.05, 0.1) is 5.69 Å². The summed E-state index contributed by atoms with van der Waals surface area (Å²) in [6, 6.07) is 7.19. The number of aromatic hydroxyl groups is 1. The van der Waals surface area contributed by atoms with E-state index in [9.17, 15) is 13.5 Å². The molecule has 0 aliphatic carbocycles. The maximum Gasteiger partial charge on any atom is 0.296 e. The first-order chi connectivity index (χ1) is 7.39. The fourth-order valence-electron chi connectivity index (χ4n) is 1.53. The second-order valence-electron chi connectivity index (χ2n) is 3.36. The minimum atomic E-state index is -4.34. The lowest BCUT2D eigenvalue weighted by atomic mass is 10.1. The monoisotopic (exact) mass is 239 g/mol. The number of anilines is 1. The molecule has 0 amide bonds. The van der Waals surface area contributed by atoms with Crippen LogP contribution in [0.15, 0.2) is 35.2 Å². The zero-order valence-corrected chi connectivity index (χ0v) is 8.90. The number of rotatable bonds is 1. The Morgan fingerprint density at radius 3 is 2.50 bits per heavy atom. The smallest absolute Gasteiger partial charge is 0.296 e. The first-order valence-electron chi connectivity index (χ1n) is 4.38. The van der Waals surface area contributed by atoms with Crippen LogP contribution in [0.4, 0.5) is 5.69 Å². The highest BCUT2D eigenvalue weighted by Gasteiger charge is 2.15. The highest BCUT2D eigenvalue weighted by Crippen LogP contribution is 2.30. The first kappa shape index (κ1) is 10.7. The van der Waals surface area contributed by atoms with E-state index >= 15 is 0 Å². The number of benzene rings is 2. The van der Waals surface area contributed by atoms with E-state index in [1.807, 2.05) is 0 Å². The van der Waals surface area contributed by atoms with Gasteiger partial charge in [-0.3, -0.25) is 4.55 Å². The molecule has 0 atom stereocenters. The summed E-state index contributed by atoms with van der Waals surface area (Å²) in [5.41, 5.74) is 5.39. The van der Waals surface area contributed by atoms with Crippen molar-refractivity contribution in [2.75, 3.05) is 5.73 Å². The molecule has 0 aliphatic rings. The van der Waals surface area contributed by atoms with E-state index in [4.69, 9.17) is 10.3 Å². The van der Waals surface area contributed by atoms with Gasteiger partial charge in [0, 0.05) is 5.39 Å². The van der Waals surface area contributed by atoms with Crippen LogP contribution in [0.2, 0.25) is 0 Å². The van der Waals surface area contributed by atoms with Crippen LogP contribution in [0.1, 0.15) is 0 Å². The number of nitrogens with two attached hydrogens (primary N) is 1. The third-order valence-corrected chi connectivity index (χ3v) is 3.18. The first-order valence-corrected chi connectivity index (χ1v) is 5.82. The normalized spacial score (nSPS) is 11.8. The van der Waals surface area contributed by atoms with E-state index in [0.29, 0.717) is 10.8 Å². The minimum Gasteiger partial charge on any atom is -0.507 e. The van der Waals surface area contributed by atoms with Gasteiger partial charge < -0.3 is 10.8 Å². The highest BCUT2D eigenvalue weighted by molar-refractivity contribution is 7.86. The van der Waals surface area contributed by atoms with Crippen LogP contribution in [0.25, 0.3) is 10.8 Å². The van der Waals surface area contributed by atoms with Gasteiger partial charge >= 0.3 is 0 Å². The average molecular weight is 239 g/mol. The van der Waals surface area contributed by atoms with Crippen LogP contribution in [0, 0.1) is 0 Å². The zero-order valence-electron chi connectivity index (χ0n) is 8.08. The number of hydrogen-bond acceptors (Lipinski definition) is 4. The van der Waals surface area contributed by atoms with Crippen molar-refractivity contribution in [1.29, 1.82) is 0 Å². The Morgan fingerprint density at radius 2 is 1.88 bits per heavy atom. The van der Waals surface area contributed by atoms with E-state index in [0.717, 1.165) is 0 Å². The molecular weight excluding hydrogens is 230 g/mol. The molecule has 6 heteroatoms. The van der Waals surface area contributed by atoms with E-state index in [1.165, 1.54) is 18.2 Å². The lowest BCUT2D eigenvalue weighted by Crippen LogP contribution is -2.02. The molecule has 0 saturated heterocycles. The predicted molar refractivity (Wildman–Crippen MR) is 59.8 cm³/mol. The van der Waals surface area contributed by atoms with Gasteiger partial charge in [0.25, 0.3) is 10.1 Å². The predicted octanol–water partition coefficient (Wildman–Crippen LogP) is 1.37. The maximum absolute atomic E-state index is 11.0. The Kier molecular flexibility index (Phi) is 2.25. The van der Waals surface area contributed by atoms with Gasteiger partial charge in [-0.05, 0) is 23.6 Å². The van der Waals surface area contributed by atoms with Crippen molar-refractivity contribution in [1.82, 2.24) is 0 Å². The van der Waals surface area contributed by atoms with Gasteiger partial charge in [0.1, 0.15) is 10.6 Å². The summed E-state index contributed by atoms with van der Waals surface area (Å²) in [4.78, 5) is -0.356. The lowest BCUT2D eigenvalue weighted by molar-refractivity contribution is 0.480. The summed E-state index contributed by atoms with van der Waals surface area (Å²) in [6.07, 6.45) is 0. The standard InChI is InChI=1S/C10H9NO4S/c11-8-5-7-6(2-1-3-9(7)12)4-10(8)16(13,14)15/h1-5,12H,11H2,(H,13,14,15). The van der Waals surface area contributed by atoms with Gasteiger partial charge in [-0.1, -0.05) is 12.1 Å². The molecule has 2 aromatic carbocycles. The Morgan fingerprint density at radius 1 is 1.19 bits per heavy atom. The van der Waals surface area contributed by atoms with Crippen LogP contribution < -0.4 is 5.73 Å². The number of nitrogen functional groups attached to an aromatic ring is 1. The SMILES string of the molecule is Nc1cc2c(O)cccc2cc1S(=O)(=O)O. The summed E-state index contributed by atoms with van der Waals surface area (Å²) in [6.45, 7) is 0. The second kappa shape index (κ2) is 3.36. The molecule has 84 valence electrons. The molecule has 0 fully saturated rings. The summed E-state index contributed by atoms with van der Waals surface area (Å²) >= 11 is 0. The van der Waals surface area contributed by atoms with Gasteiger partial charge in [-0.2, -0.15) is 8.42 Å². The highest BCUT2D eigenvalue weighted by atomic mass is 32.2. The summed E-state index contributed by atoms with van der Waals surface area (Å²) in [7, 11) is -4.34.